The highest BCUT2D eigenvalue weighted by atomic mass is 35.5. The minimum atomic E-state index is -0.640. The molecular weight excluding hydrogens is 294 g/mol. The average Bonchev–Trinajstić information content (AvgIpc) is 2.86. The Kier molecular flexibility index (Phi) is 3.94. The van der Waals surface area contributed by atoms with E-state index >= 15 is 0 Å². The summed E-state index contributed by atoms with van der Waals surface area (Å²) < 4.78 is 13.6. The van der Waals surface area contributed by atoms with Crippen LogP contribution in [0.4, 0.5) is 10.1 Å². The largest absolute Gasteiger partial charge is 0.357 e. The maximum atomic E-state index is 13.6. The van der Waals surface area contributed by atoms with Gasteiger partial charge in [0.15, 0.2) is 0 Å². The number of nitrogens with zero attached hydrogens (tertiary/aromatic N) is 4. The van der Waals surface area contributed by atoms with Gasteiger partial charge >= 0.3 is 0 Å². The van der Waals surface area contributed by atoms with E-state index in [1.807, 2.05) is 6.07 Å². The second kappa shape index (κ2) is 5.65. The number of aromatic nitrogens is 4. The van der Waals surface area contributed by atoms with Gasteiger partial charge in [-0.1, -0.05) is 23.2 Å². The van der Waals surface area contributed by atoms with E-state index in [-0.39, 0.29) is 27.1 Å². The topological polar surface area (TPSA) is 90.3 Å². The van der Waals surface area contributed by atoms with Crippen molar-refractivity contribution in [3.8, 4) is 6.07 Å². The zero-order valence-corrected chi connectivity index (χ0v) is 10.7. The van der Waals surface area contributed by atoms with Crippen LogP contribution >= 0.6 is 23.2 Å². The van der Waals surface area contributed by atoms with Crippen LogP contribution in [0.5, 0.6) is 0 Å². The molecule has 0 aliphatic carbocycles. The average molecular weight is 299 g/mol. The molecule has 0 spiro atoms. The molecule has 0 radical (unpaired) electrons. The minimum absolute atomic E-state index is 0.00214. The molecule has 2 rings (SSSR count). The van der Waals surface area contributed by atoms with E-state index in [1.165, 1.54) is 12.3 Å². The number of rotatable bonds is 3. The zero-order valence-electron chi connectivity index (χ0n) is 9.15. The molecule has 1 heterocycles. The lowest BCUT2D eigenvalue weighted by Crippen LogP contribution is -1.96. The molecule has 0 unspecified atom stereocenters. The first-order valence-corrected chi connectivity index (χ1v) is 5.62. The molecule has 0 bridgehead atoms. The summed E-state index contributed by atoms with van der Waals surface area (Å²) in [6.45, 7) is 0. The van der Waals surface area contributed by atoms with Gasteiger partial charge in [-0.05, 0) is 17.3 Å². The van der Waals surface area contributed by atoms with Gasteiger partial charge in [0, 0.05) is 11.2 Å². The first-order valence-electron chi connectivity index (χ1n) is 4.87. The third-order valence-electron chi connectivity index (χ3n) is 2.07. The molecule has 9 heteroatoms. The van der Waals surface area contributed by atoms with Gasteiger partial charge in [-0.2, -0.15) is 10.5 Å². The Morgan fingerprint density at radius 1 is 1.47 bits per heavy atom. The molecule has 1 aromatic carbocycles. The molecule has 0 aliphatic rings. The van der Waals surface area contributed by atoms with E-state index in [2.05, 4.69) is 25.9 Å². The summed E-state index contributed by atoms with van der Waals surface area (Å²) in [6, 6.07) is 4.33. The van der Waals surface area contributed by atoms with Gasteiger partial charge in [0.05, 0.1) is 10.7 Å². The van der Waals surface area contributed by atoms with Crippen LogP contribution in [-0.4, -0.2) is 20.6 Å². The highest BCUT2D eigenvalue weighted by Gasteiger charge is 2.10. The fourth-order valence-electron chi connectivity index (χ4n) is 1.25. The number of halogens is 3. The second-order valence-corrected chi connectivity index (χ2v) is 4.14. The summed E-state index contributed by atoms with van der Waals surface area (Å²) in [5.41, 5.74) is 0.0708. The van der Waals surface area contributed by atoms with Crippen molar-refractivity contribution in [2.45, 2.75) is 0 Å². The number of allylic oxidation sites excluding steroid dienone is 1. The minimum Gasteiger partial charge on any atom is -0.357 e. The number of tetrazole rings is 1. The standard InChI is InChI=1S/C10H5Cl2FN6/c11-6-1-7(12)9(8(13)2-6)15-4-5(3-14)10-16-18-19-17-10/h1-2,4,15H,(H,16,17,18,19). The van der Waals surface area contributed by atoms with Crippen LogP contribution in [0.3, 0.4) is 0 Å². The van der Waals surface area contributed by atoms with Gasteiger partial charge in [0.1, 0.15) is 17.5 Å². The predicted octanol–water partition coefficient (Wildman–Crippen LogP) is 2.62. The van der Waals surface area contributed by atoms with Gasteiger partial charge in [-0.3, -0.25) is 0 Å². The molecule has 2 N–H and O–H groups in total. The summed E-state index contributed by atoms with van der Waals surface area (Å²) in [5, 5.41) is 24.6. The van der Waals surface area contributed by atoms with E-state index in [4.69, 9.17) is 28.5 Å². The Morgan fingerprint density at radius 3 is 2.84 bits per heavy atom. The number of anilines is 1. The van der Waals surface area contributed by atoms with Crippen LogP contribution in [0.25, 0.3) is 5.57 Å². The summed E-state index contributed by atoms with van der Waals surface area (Å²) >= 11 is 11.5. The van der Waals surface area contributed by atoms with Crippen LogP contribution in [0.2, 0.25) is 10.0 Å². The molecule has 0 atom stereocenters. The fraction of sp³-hybridized carbons (Fsp3) is 0. The monoisotopic (exact) mass is 298 g/mol. The van der Waals surface area contributed by atoms with Crippen LogP contribution in [0.1, 0.15) is 5.82 Å². The smallest absolute Gasteiger partial charge is 0.216 e. The number of hydrogen-bond donors (Lipinski definition) is 2. The first kappa shape index (κ1) is 13.3. The van der Waals surface area contributed by atoms with Crippen LogP contribution < -0.4 is 5.32 Å². The van der Waals surface area contributed by atoms with Crippen molar-refractivity contribution < 1.29 is 4.39 Å². The number of H-pyrrole nitrogens is 1. The molecule has 0 amide bonds. The van der Waals surface area contributed by atoms with Crippen molar-refractivity contribution in [3.63, 3.8) is 0 Å². The van der Waals surface area contributed by atoms with Crippen LogP contribution in [0.15, 0.2) is 18.3 Å². The van der Waals surface area contributed by atoms with E-state index in [0.29, 0.717) is 0 Å². The third-order valence-corrected chi connectivity index (χ3v) is 2.59. The van der Waals surface area contributed by atoms with Crippen LogP contribution in [-0.2, 0) is 0 Å². The quantitative estimate of drug-likeness (QED) is 0.850. The molecule has 0 aliphatic heterocycles. The molecular formula is C10H5Cl2FN6. The summed E-state index contributed by atoms with van der Waals surface area (Å²) in [7, 11) is 0. The maximum absolute atomic E-state index is 13.6. The van der Waals surface area contributed by atoms with Crippen molar-refractivity contribution in [1.29, 1.82) is 5.26 Å². The molecule has 96 valence electrons. The Hall–Kier alpha value is -2.17. The summed E-state index contributed by atoms with van der Waals surface area (Å²) in [5.74, 6) is -0.556. The summed E-state index contributed by atoms with van der Waals surface area (Å²) in [4.78, 5) is 0. The lowest BCUT2D eigenvalue weighted by Gasteiger charge is -2.06. The first-order chi connectivity index (χ1) is 9.11. The van der Waals surface area contributed by atoms with Gasteiger partial charge in [-0.25, -0.2) is 4.39 Å². The fourth-order valence-corrected chi connectivity index (χ4v) is 1.77. The second-order valence-electron chi connectivity index (χ2n) is 3.29. The third kappa shape index (κ3) is 2.99. The Morgan fingerprint density at radius 2 is 2.26 bits per heavy atom. The molecule has 6 nitrogen and oxygen atoms in total. The van der Waals surface area contributed by atoms with Crippen molar-refractivity contribution in [1.82, 2.24) is 20.6 Å². The molecule has 2 aromatic rings. The molecule has 0 saturated heterocycles. The van der Waals surface area contributed by atoms with Crippen molar-refractivity contribution in [2.75, 3.05) is 5.32 Å². The van der Waals surface area contributed by atoms with Gasteiger partial charge < -0.3 is 5.32 Å². The van der Waals surface area contributed by atoms with E-state index in [0.717, 1.165) is 6.07 Å². The molecule has 19 heavy (non-hydrogen) atoms. The maximum Gasteiger partial charge on any atom is 0.216 e. The van der Waals surface area contributed by atoms with Gasteiger partial charge in [-0.15, -0.1) is 10.2 Å². The van der Waals surface area contributed by atoms with Gasteiger partial charge in [0.2, 0.25) is 5.82 Å². The Balaban J connectivity index is 2.30. The zero-order chi connectivity index (χ0) is 13.8. The SMILES string of the molecule is N#CC(=CNc1c(F)cc(Cl)cc1Cl)c1nn[nH]n1. The normalized spacial score (nSPS) is 11.2. The molecule has 0 fully saturated rings. The number of aromatic amines is 1. The molecule has 0 saturated carbocycles. The lowest BCUT2D eigenvalue weighted by molar-refractivity contribution is 0.632. The Labute approximate surface area is 116 Å². The predicted molar refractivity (Wildman–Crippen MR) is 67.8 cm³/mol. The van der Waals surface area contributed by atoms with Crippen molar-refractivity contribution in [3.05, 3.63) is 40.0 Å². The van der Waals surface area contributed by atoms with Crippen molar-refractivity contribution in [2.24, 2.45) is 0 Å². The summed E-state index contributed by atoms with van der Waals surface area (Å²) in [6.07, 6.45) is 1.23. The van der Waals surface area contributed by atoms with E-state index in [9.17, 15) is 4.39 Å². The molecule has 1 aromatic heterocycles. The van der Waals surface area contributed by atoms with Crippen LogP contribution in [0, 0.1) is 17.1 Å². The highest BCUT2D eigenvalue weighted by Crippen LogP contribution is 2.29. The number of benzene rings is 1. The number of hydrogen-bond acceptors (Lipinski definition) is 5. The number of nitriles is 1. The highest BCUT2D eigenvalue weighted by molar-refractivity contribution is 6.36. The Bertz CT molecular complexity index is 638. The number of nitrogens with one attached hydrogen (secondary N) is 2. The lowest BCUT2D eigenvalue weighted by atomic mass is 10.2. The van der Waals surface area contributed by atoms with Gasteiger partial charge in [0.25, 0.3) is 0 Å². The van der Waals surface area contributed by atoms with E-state index in [1.54, 1.807) is 0 Å². The van der Waals surface area contributed by atoms with E-state index < -0.39 is 5.82 Å². The van der Waals surface area contributed by atoms with Crippen molar-refractivity contribution >= 4 is 34.5 Å².